The number of amides is 1. The summed E-state index contributed by atoms with van der Waals surface area (Å²) in [5.74, 6) is 1.36. The molecule has 7 heteroatoms. The van der Waals surface area contributed by atoms with Gasteiger partial charge in [0.15, 0.2) is 11.5 Å². The zero-order valence-electron chi connectivity index (χ0n) is 16.2. The fourth-order valence-electron chi connectivity index (χ4n) is 3.78. The Morgan fingerprint density at radius 1 is 1.14 bits per heavy atom. The van der Waals surface area contributed by atoms with Crippen LogP contribution in [0, 0.1) is 5.92 Å². The molecule has 1 N–H and O–H groups in total. The van der Waals surface area contributed by atoms with Crippen molar-refractivity contribution in [2.75, 3.05) is 26.6 Å². The van der Waals surface area contributed by atoms with Crippen molar-refractivity contribution in [2.24, 2.45) is 5.92 Å². The predicted molar refractivity (Wildman–Crippen MR) is 105 cm³/mol. The highest BCUT2D eigenvalue weighted by Crippen LogP contribution is 2.40. The van der Waals surface area contributed by atoms with Gasteiger partial charge in [0.25, 0.3) is 0 Å². The zero-order chi connectivity index (χ0) is 19.7. The number of nitrogens with zero attached hydrogens (tertiary/aromatic N) is 2. The number of nitrogens with one attached hydrogen (secondary N) is 1. The van der Waals surface area contributed by atoms with E-state index in [1.54, 1.807) is 33.5 Å². The molecule has 0 saturated heterocycles. The molecule has 146 valence electrons. The third-order valence-corrected chi connectivity index (χ3v) is 5.18. The number of ether oxygens (including phenoxy) is 3. The maximum Gasteiger partial charge on any atom is 0.227 e. The molecule has 1 atom stereocenters. The van der Waals surface area contributed by atoms with Crippen LogP contribution in [0.4, 0.5) is 5.69 Å². The van der Waals surface area contributed by atoms with Gasteiger partial charge in [-0.1, -0.05) is 6.07 Å². The molecule has 0 bridgehead atoms. The van der Waals surface area contributed by atoms with Crippen molar-refractivity contribution < 1.29 is 19.0 Å². The summed E-state index contributed by atoms with van der Waals surface area (Å²) in [4.78, 5) is 17.6. The van der Waals surface area contributed by atoms with Crippen LogP contribution in [0.15, 0.2) is 36.5 Å². The molecular weight excluding hydrogens is 358 g/mol. The van der Waals surface area contributed by atoms with Gasteiger partial charge < -0.3 is 23.9 Å². The van der Waals surface area contributed by atoms with Crippen LogP contribution in [0.1, 0.15) is 17.8 Å². The van der Waals surface area contributed by atoms with E-state index >= 15 is 0 Å². The van der Waals surface area contributed by atoms with E-state index in [4.69, 9.17) is 14.2 Å². The molecule has 0 fully saturated rings. The second-order valence-electron chi connectivity index (χ2n) is 6.78. The van der Waals surface area contributed by atoms with Crippen molar-refractivity contribution in [3.63, 3.8) is 0 Å². The van der Waals surface area contributed by atoms with Gasteiger partial charge in [-0.25, -0.2) is 4.98 Å². The van der Waals surface area contributed by atoms with Crippen LogP contribution in [0.25, 0.3) is 5.65 Å². The van der Waals surface area contributed by atoms with Gasteiger partial charge in [0.05, 0.1) is 27.0 Å². The first-order valence-corrected chi connectivity index (χ1v) is 9.20. The Bertz CT molecular complexity index is 1000. The molecule has 3 aromatic rings. The monoisotopic (exact) mass is 381 g/mol. The number of aromatic nitrogens is 2. The molecule has 28 heavy (non-hydrogen) atoms. The molecule has 0 aliphatic heterocycles. The van der Waals surface area contributed by atoms with E-state index in [1.807, 2.05) is 24.4 Å². The van der Waals surface area contributed by atoms with Crippen molar-refractivity contribution in [3.05, 3.63) is 47.9 Å². The van der Waals surface area contributed by atoms with Gasteiger partial charge in [0, 0.05) is 42.0 Å². The lowest BCUT2D eigenvalue weighted by Gasteiger charge is -2.22. The second-order valence-corrected chi connectivity index (χ2v) is 6.78. The van der Waals surface area contributed by atoms with Gasteiger partial charge in [0.2, 0.25) is 11.7 Å². The van der Waals surface area contributed by atoms with E-state index in [-0.39, 0.29) is 11.8 Å². The Morgan fingerprint density at radius 3 is 2.57 bits per heavy atom. The Balaban J connectivity index is 1.56. The molecule has 7 nitrogen and oxygen atoms in total. The summed E-state index contributed by atoms with van der Waals surface area (Å²) in [6.45, 7) is 0. The first-order valence-electron chi connectivity index (χ1n) is 9.20. The number of fused-ring (bicyclic) bond motifs is 3. The quantitative estimate of drug-likeness (QED) is 0.735. The van der Waals surface area contributed by atoms with Crippen molar-refractivity contribution in [1.82, 2.24) is 9.38 Å². The smallest absolute Gasteiger partial charge is 0.227 e. The number of anilines is 1. The lowest BCUT2D eigenvalue weighted by Crippen LogP contribution is -2.28. The van der Waals surface area contributed by atoms with Crippen LogP contribution in [0.5, 0.6) is 17.2 Å². The largest absolute Gasteiger partial charge is 0.493 e. The Morgan fingerprint density at radius 2 is 1.89 bits per heavy atom. The van der Waals surface area contributed by atoms with Gasteiger partial charge in [-0.05, 0) is 25.0 Å². The number of aryl methyl sites for hydroxylation is 1. The van der Waals surface area contributed by atoms with E-state index in [0.29, 0.717) is 29.4 Å². The number of pyridine rings is 1. The maximum absolute atomic E-state index is 12.9. The van der Waals surface area contributed by atoms with Crippen molar-refractivity contribution in [3.8, 4) is 17.2 Å². The van der Waals surface area contributed by atoms with Crippen LogP contribution in [-0.4, -0.2) is 36.6 Å². The molecule has 0 radical (unpaired) electrons. The highest BCUT2D eigenvalue weighted by Gasteiger charge is 2.28. The molecule has 1 aliphatic rings. The third kappa shape index (κ3) is 3.13. The van der Waals surface area contributed by atoms with Crippen LogP contribution in [-0.2, 0) is 17.6 Å². The molecule has 4 rings (SSSR count). The summed E-state index contributed by atoms with van der Waals surface area (Å²) in [6.07, 6.45) is 4.23. The fraction of sp³-hybridized carbons (Fsp3) is 0.333. The topological polar surface area (TPSA) is 74.1 Å². The van der Waals surface area contributed by atoms with Crippen LogP contribution < -0.4 is 19.5 Å². The van der Waals surface area contributed by atoms with E-state index in [2.05, 4.69) is 14.7 Å². The van der Waals surface area contributed by atoms with Crippen LogP contribution >= 0.6 is 0 Å². The van der Waals surface area contributed by atoms with Crippen molar-refractivity contribution >= 4 is 17.2 Å². The number of carbonyl (C=O) groups is 1. The number of carbonyl (C=O) groups excluding carboxylic acids is 1. The highest BCUT2D eigenvalue weighted by molar-refractivity contribution is 5.93. The van der Waals surface area contributed by atoms with Crippen molar-refractivity contribution in [1.29, 1.82) is 0 Å². The number of benzene rings is 1. The maximum atomic E-state index is 12.9. The summed E-state index contributed by atoms with van der Waals surface area (Å²) in [6, 6.07) is 9.42. The van der Waals surface area contributed by atoms with E-state index in [0.717, 1.165) is 29.9 Å². The van der Waals surface area contributed by atoms with E-state index in [9.17, 15) is 4.79 Å². The Kier molecular flexibility index (Phi) is 4.81. The summed E-state index contributed by atoms with van der Waals surface area (Å²) in [5, 5.41) is 3.00. The minimum Gasteiger partial charge on any atom is -0.493 e. The minimum absolute atomic E-state index is 0.0224. The number of hydrogen-bond donors (Lipinski definition) is 1. The van der Waals surface area contributed by atoms with Gasteiger partial charge >= 0.3 is 0 Å². The molecular formula is C21H23N3O4. The molecule has 1 aliphatic carbocycles. The molecule has 1 aromatic carbocycles. The van der Waals surface area contributed by atoms with E-state index < -0.39 is 0 Å². The molecule has 2 heterocycles. The fourth-order valence-corrected chi connectivity index (χ4v) is 3.78. The normalized spacial score (nSPS) is 15.8. The average molecular weight is 381 g/mol. The summed E-state index contributed by atoms with van der Waals surface area (Å²) in [7, 11) is 4.65. The Labute approximate surface area is 163 Å². The molecule has 2 aromatic heterocycles. The average Bonchev–Trinajstić information content (AvgIpc) is 3.10. The first-order chi connectivity index (χ1) is 13.6. The van der Waals surface area contributed by atoms with Gasteiger partial charge in [-0.15, -0.1) is 0 Å². The molecule has 1 unspecified atom stereocenters. The summed E-state index contributed by atoms with van der Waals surface area (Å²) in [5.41, 5.74) is 3.75. The minimum atomic E-state index is -0.119. The molecule has 1 amide bonds. The standard InChI is InChI=1S/C21H23N3O4/c1-26-17-11-14(12-18(27-2)20(17)28-3)22-21(25)13-7-8-15-16(10-13)24-9-5-4-6-19(24)23-15/h4-6,9,11-13H,7-8,10H2,1-3H3,(H,22,25). The second kappa shape index (κ2) is 7.42. The van der Waals surface area contributed by atoms with Crippen molar-refractivity contribution in [2.45, 2.75) is 19.3 Å². The summed E-state index contributed by atoms with van der Waals surface area (Å²) < 4.78 is 18.1. The predicted octanol–water partition coefficient (Wildman–Crippen LogP) is 3.10. The van der Waals surface area contributed by atoms with Crippen LogP contribution in [0.3, 0.4) is 0 Å². The first kappa shape index (κ1) is 18.2. The number of methoxy groups -OCH3 is 3. The third-order valence-electron chi connectivity index (χ3n) is 5.18. The zero-order valence-corrected chi connectivity index (χ0v) is 16.2. The van der Waals surface area contributed by atoms with Gasteiger partial charge in [-0.2, -0.15) is 0 Å². The van der Waals surface area contributed by atoms with Gasteiger partial charge in [0.1, 0.15) is 5.65 Å². The highest BCUT2D eigenvalue weighted by atomic mass is 16.5. The number of hydrogen-bond acceptors (Lipinski definition) is 5. The SMILES string of the molecule is COc1cc(NC(=O)C2CCc3nc4ccccn4c3C2)cc(OC)c1OC. The lowest BCUT2D eigenvalue weighted by atomic mass is 9.89. The molecule has 0 saturated carbocycles. The lowest BCUT2D eigenvalue weighted by molar-refractivity contribution is -0.120. The molecule has 0 spiro atoms. The Hall–Kier alpha value is -3.22. The van der Waals surface area contributed by atoms with E-state index in [1.165, 1.54) is 0 Å². The number of rotatable bonds is 5. The summed E-state index contributed by atoms with van der Waals surface area (Å²) >= 11 is 0. The van der Waals surface area contributed by atoms with Gasteiger partial charge in [-0.3, -0.25) is 4.79 Å². The number of imidazole rings is 1. The van der Waals surface area contributed by atoms with Crippen LogP contribution in [0.2, 0.25) is 0 Å².